The largest absolute Gasteiger partial charge is 0.377 e. The van der Waals surface area contributed by atoms with Crippen LogP contribution in [0, 0.1) is 5.92 Å². The molecule has 0 aromatic carbocycles. The van der Waals surface area contributed by atoms with Crippen LogP contribution in [0.3, 0.4) is 0 Å². The van der Waals surface area contributed by atoms with E-state index in [2.05, 4.69) is 16.9 Å². The van der Waals surface area contributed by atoms with Gasteiger partial charge in [0, 0.05) is 26.3 Å². The highest BCUT2D eigenvalue weighted by atomic mass is 32.1. The Balaban J connectivity index is 1.96. The summed E-state index contributed by atoms with van der Waals surface area (Å²) in [4.78, 5) is 25.2. The molecule has 2 unspecified atom stereocenters. The fourth-order valence-corrected chi connectivity index (χ4v) is 4.92. The van der Waals surface area contributed by atoms with Gasteiger partial charge in [-0.1, -0.05) is 19.8 Å². The Bertz CT molecular complexity index is 959. The first kappa shape index (κ1) is 15.6. The lowest BCUT2D eigenvalue weighted by molar-refractivity contribution is 0.251. The molecule has 1 fully saturated rings. The van der Waals surface area contributed by atoms with Gasteiger partial charge in [0.2, 0.25) is 0 Å². The van der Waals surface area contributed by atoms with Crippen molar-refractivity contribution >= 4 is 37.5 Å². The molecule has 1 aliphatic rings. The van der Waals surface area contributed by atoms with Crippen LogP contribution in [0.4, 0.5) is 5.69 Å². The molecule has 6 heteroatoms. The molecule has 2 atom stereocenters. The normalized spacial score (nSPS) is 21.5. The van der Waals surface area contributed by atoms with Crippen molar-refractivity contribution in [2.75, 3.05) is 19.0 Å². The second-order valence-electron chi connectivity index (χ2n) is 6.97. The Kier molecular flexibility index (Phi) is 3.79. The van der Waals surface area contributed by atoms with Crippen molar-refractivity contribution in [1.29, 1.82) is 0 Å². The Labute approximate surface area is 145 Å². The summed E-state index contributed by atoms with van der Waals surface area (Å²) in [6.07, 6.45) is 8.28. The van der Waals surface area contributed by atoms with Crippen LogP contribution in [0.2, 0.25) is 0 Å². The van der Waals surface area contributed by atoms with Gasteiger partial charge in [0.15, 0.2) is 0 Å². The zero-order chi connectivity index (χ0) is 16.8. The number of thiophene rings is 1. The maximum absolute atomic E-state index is 13.1. The molecular formula is C18H22N4OS. The first-order valence-electron chi connectivity index (χ1n) is 8.53. The van der Waals surface area contributed by atoms with Gasteiger partial charge in [-0.05, 0) is 24.8 Å². The van der Waals surface area contributed by atoms with Crippen LogP contribution in [0.25, 0.3) is 20.4 Å². The Morgan fingerprint density at radius 2 is 2.04 bits per heavy atom. The van der Waals surface area contributed by atoms with Crippen LogP contribution in [0.15, 0.2) is 23.4 Å². The molecule has 0 amide bonds. The summed E-state index contributed by atoms with van der Waals surface area (Å²) in [5.74, 6) is 0.528. The molecule has 5 nitrogen and oxygen atoms in total. The van der Waals surface area contributed by atoms with Gasteiger partial charge < -0.3 is 4.90 Å². The minimum absolute atomic E-state index is 0.0893. The molecule has 1 aliphatic carbocycles. The van der Waals surface area contributed by atoms with E-state index >= 15 is 0 Å². The lowest BCUT2D eigenvalue weighted by atomic mass is 9.86. The molecule has 0 N–H and O–H groups in total. The zero-order valence-corrected chi connectivity index (χ0v) is 15.1. The third kappa shape index (κ3) is 2.32. The van der Waals surface area contributed by atoms with Gasteiger partial charge in [-0.25, -0.2) is 9.97 Å². The predicted octanol–water partition coefficient (Wildman–Crippen LogP) is 3.82. The van der Waals surface area contributed by atoms with E-state index in [-0.39, 0.29) is 11.6 Å². The fraction of sp³-hybridized carbons (Fsp3) is 0.500. The van der Waals surface area contributed by atoms with Crippen molar-refractivity contribution in [3.05, 3.63) is 28.9 Å². The molecule has 0 spiro atoms. The van der Waals surface area contributed by atoms with Gasteiger partial charge in [0.05, 0.1) is 22.9 Å². The summed E-state index contributed by atoms with van der Waals surface area (Å²) in [7, 11) is 4.01. The predicted molar refractivity (Wildman–Crippen MR) is 100 cm³/mol. The van der Waals surface area contributed by atoms with Crippen LogP contribution in [-0.2, 0) is 0 Å². The highest BCUT2D eigenvalue weighted by molar-refractivity contribution is 7.25. The smallest absolute Gasteiger partial charge is 0.271 e. The first-order valence-corrected chi connectivity index (χ1v) is 9.35. The van der Waals surface area contributed by atoms with E-state index in [0.29, 0.717) is 5.92 Å². The molecule has 126 valence electrons. The number of fused-ring (bicyclic) bond motifs is 3. The molecule has 0 aliphatic heterocycles. The number of rotatable bonds is 2. The molecule has 3 heterocycles. The maximum atomic E-state index is 13.1. The lowest BCUT2D eigenvalue weighted by Crippen LogP contribution is -2.30. The minimum atomic E-state index is 0.0893. The highest BCUT2D eigenvalue weighted by Gasteiger charge is 2.25. The van der Waals surface area contributed by atoms with Crippen molar-refractivity contribution < 1.29 is 0 Å². The third-order valence-electron chi connectivity index (χ3n) is 5.19. The van der Waals surface area contributed by atoms with E-state index < -0.39 is 0 Å². The van der Waals surface area contributed by atoms with Crippen LogP contribution in [0.5, 0.6) is 0 Å². The van der Waals surface area contributed by atoms with Gasteiger partial charge in [0.25, 0.3) is 5.56 Å². The SMILES string of the molecule is CC1CCCCC1n1cnc2c(sc3nccc(N(C)C)c32)c1=O. The Morgan fingerprint density at radius 1 is 1.25 bits per heavy atom. The van der Waals surface area contributed by atoms with Crippen molar-refractivity contribution in [3.8, 4) is 0 Å². The highest BCUT2D eigenvalue weighted by Crippen LogP contribution is 2.37. The molecule has 3 aromatic rings. The van der Waals surface area contributed by atoms with E-state index in [1.165, 1.54) is 30.6 Å². The molecule has 3 aromatic heterocycles. The number of nitrogens with zero attached hydrogens (tertiary/aromatic N) is 4. The first-order chi connectivity index (χ1) is 11.6. The second kappa shape index (κ2) is 5.84. The van der Waals surface area contributed by atoms with Crippen LogP contribution >= 0.6 is 11.3 Å². The summed E-state index contributed by atoms with van der Waals surface area (Å²) in [6.45, 7) is 2.25. The lowest BCUT2D eigenvalue weighted by Gasteiger charge is -2.30. The molecular weight excluding hydrogens is 320 g/mol. The van der Waals surface area contributed by atoms with Crippen LogP contribution in [-0.4, -0.2) is 28.6 Å². The Hall–Kier alpha value is -1.95. The summed E-state index contributed by atoms with van der Waals surface area (Å²) >= 11 is 1.47. The van der Waals surface area contributed by atoms with Crippen molar-refractivity contribution in [3.63, 3.8) is 0 Å². The molecule has 4 rings (SSSR count). The molecule has 1 saturated carbocycles. The average Bonchev–Trinajstić information content (AvgIpc) is 2.95. The Morgan fingerprint density at radius 3 is 2.79 bits per heavy atom. The summed E-state index contributed by atoms with van der Waals surface area (Å²) in [5.41, 5.74) is 1.94. The second-order valence-corrected chi connectivity index (χ2v) is 7.97. The topological polar surface area (TPSA) is 51.0 Å². The summed E-state index contributed by atoms with van der Waals surface area (Å²) in [5, 5.41) is 0.989. The number of aromatic nitrogens is 3. The van der Waals surface area contributed by atoms with Gasteiger partial charge >= 0.3 is 0 Å². The van der Waals surface area contributed by atoms with E-state index in [9.17, 15) is 4.79 Å². The van der Waals surface area contributed by atoms with Crippen LogP contribution < -0.4 is 10.5 Å². The van der Waals surface area contributed by atoms with Gasteiger partial charge in [-0.2, -0.15) is 0 Å². The monoisotopic (exact) mass is 342 g/mol. The average molecular weight is 342 g/mol. The molecule has 0 bridgehead atoms. The van der Waals surface area contributed by atoms with E-state index in [1.54, 1.807) is 12.5 Å². The number of pyridine rings is 1. The summed E-state index contributed by atoms with van der Waals surface area (Å²) < 4.78 is 2.60. The quantitative estimate of drug-likeness (QED) is 0.710. The van der Waals surface area contributed by atoms with E-state index in [1.807, 2.05) is 29.6 Å². The van der Waals surface area contributed by atoms with Crippen LogP contribution in [0.1, 0.15) is 38.6 Å². The van der Waals surface area contributed by atoms with Gasteiger partial charge in [-0.15, -0.1) is 11.3 Å². The van der Waals surface area contributed by atoms with Gasteiger partial charge in [-0.3, -0.25) is 9.36 Å². The standard InChI is InChI=1S/C18H22N4OS/c1-11-6-4-5-7-12(11)22-10-20-15-14-13(21(2)3)8-9-19-17(14)24-16(15)18(22)23/h8-12H,4-7H2,1-3H3. The van der Waals surface area contributed by atoms with Crippen molar-refractivity contribution in [2.24, 2.45) is 5.92 Å². The number of hydrogen-bond donors (Lipinski definition) is 0. The fourth-order valence-electron chi connectivity index (χ4n) is 3.87. The van der Waals surface area contributed by atoms with Crippen molar-refractivity contribution in [1.82, 2.24) is 14.5 Å². The minimum Gasteiger partial charge on any atom is -0.377 e. The zero-order valence-electron chi connectivity index (χ0n) is 14.3. The van der Waals surface area contributed by atoms with E-state index in [4.69, 9.17) is 0 Å². The van der Waals surface area contributed by atoms with Gasteiger partial charge in [0.1, 0.15) is 9.53 Å². The summed E-state index contributed by atoms with van der Waals surface area (Å²) in [6, 6.07) is 2.25. The van der Waals surface area contributed by atoms with E-state index in [0.717, 1.165) is 32.5 Å². The number of hydrogen-bond acceptors (Lipinski definition) is 5. The molecule has 0 saturated heterocycles. The number of anilines is 1. The van der Waals surface area contributed by atoms with Crippen molar-refractivity contribution in [2.45, 2.75) is 38.6 Å². The third-order valence-corrected chi connectivity index (χ3v) is 6.27. The molecule has 0 radical (unpaired) electrons. The maximum Gasteiger partial charge on any atom is 0.271 e. The molecule has 24 heavy (non-hydrogen) atoms.